The second-order valence-corrected chi connectivity index (χ2v) is 5.64. The average molecular weight is 320 g/mol. The molecule has 0 unspecified atom stereocenters. The number of phenols is 1. The van der Waals surface area contributed by atoms with Gasteiger partial charge in [-0.1, -0.05) is 6.07 Å². The summed E-state index contributed by atoms with van der Waals surface area (Å²) in [4.78, 5) is 22.9. The van der Waals surface area contributed by atoms with E-state index in [2.05, 4.69) is 0 Å². The summed E-state index contributed by atoms with van der Waals surface area (Å²) >= 11 is 0. The van der Waals surface area contributed by atoms with Crippen molar-refractivity contribution >= 4 is 21.9 Å². The molecule has 2 aromatic heterocycles. The van der Waals surface area contributed by atoms with Gasteiger partial charge < -0.3 is 13.9 Å². The van der Waals surface area contributed by atoms with Crippen molar-refractivity contribution in [1.82, 2.24) is 0 Å². The SMILES string of the molecule is Cc1cc(-c2cc(O)cc3oc(=O)ccc23)c2ccc(=O)oc2c1. The molecule has 0 fully saturated rings. The maximum Gasteiger partial charge on any atom is 0.336 e. The van der Waals surface area contributed by atoms with Crippen LogP contribution < -0.4 is 11.3 Å². The molecule has 118 valence electrons. The van der Waals surface area contributed by atoms with Crippen LogP contribution in [0.5, 0.6) is 5.75 Å². The Morgan fingerprint density at radius 3 is 1.92 bits per heavy atom. The van der Waals surface area contributed by atoms with Crippen LogP contribution in [0.1, 0.15) is 5.56 Å². The molecule has 1 N–H and O–H groups in total. The molecule has 0 aliphatic heterocycles. The Morgan fingerprint density at radius 2 is 1.29 bits per heavy atom. The molecule has 0 aliphatic rings. The number of benzene rings is 2. The molecule has 24 heavy (non-hydrogen) atoms. The van der Waals surface area contributed by atoms with Gasteiger partial charge in [-0.3, -0.25) is 0 Å². The molecule has 0 bridgehead atoms. The van der Waals surface area contributed by atoms with Gasteiger partial charge in [0.2, 0.25) is 0 Å². The first kappa shape index (κ1) is 14.3. The second kappa shape index (κ2) is 5.09. The summed E-state index contributed by atoms with van der Waals surface area (Å²) in [6.45, 7) is 1.89. The van der Waals surface area contributed by atoms with E-state index in [0.717, 1.165) is 16.5 Å². The lowest BCUT2D eigenvalue weighted by molar-refractivity contribution is 0.473. The van der Waals surface area contributed by atoms with Crippen molar-refractivity contribution in [1.29, 1.82) is 0 Å². The van der Waals surface area contributed by atoms with E-state index in [1.54, 1.807) is 24.3 Å². The first-order valence-corrected chi connectivity index (χ1v) is 7.33. The van der Waals surface area contributed by atoms with Crippen LogP contribution in [-0.4, -0.2) is 5.11 Å². The fourth-order valence-corrected chi connectivity index (χ4v) is 2.92. The molecule has 2 heterocycles. The minimum absolute atomic E-state index is 0.0149. The smallest absolute Gasteiger partial charge is 0.336 e. The van der Waals surface area contributed by atoms with Gasteiger partial charge in [0.05, 0.1) is 0 Å². The lowest BCUT2D eigenvalue weighted by Gasteiger charge is -2.11. The summed E-state index contributed by atoms with van der Waals surface area (Å²) in [6, 6.07) is 12.7. The van der Waals surface area contributed by atoms with Gasteiger partial charge >= 0.3 is 11.3 Å². The summed E-state index contributed by atoms with van der Waals surface area (Å²) < 4.78 is 10.5. The molecule has 0 aliphatic carbocycles. The Hall–Kier alpha value is -3.34. The van der Waals surface area contributed by atoms with Crippen molar-refractivity contribution in [2.75, 3.05) is 0 Å². The molecule has 0 spiro atoms. The standard InChI is InChI=1S/C19H12O5/c1-10-6-14(12-2-4-18(21)23-16(12)7-10)15-8-11(20)9-17-13(15)3-5-19(22)24-17/h2-9,20H,1H3. The van der Waals surface area contributed by atoms with E-state index in [0.29, 0.717) is 22.1 Å². The number of fused-ring (bicyclic) bond motifs is 2. The largest absolute Gasteiger partial charge is 0.508 e. The number of rotatable bonds is 1. The Balaban J connectivity index is 2.17. The van der Waals surface area contributed by atoms with Crippen LogP contribution in [0.15, 0.2) is 67.0 Å². The third-order valence-electron chi connectivity index (χ3n) is 3.90. The summed E-state index contributed by atoms with van der Waals surface area (Å²) in [5.41, 5.74) is 2.22. The Kier molecular flexibility index (Phi) is 3.03. The highest BCUT2D eigenvalue weighted by Crippen LogP contribution is 2.36. The van der Waals surface area contributed by atoms with Crippen molar-refractivity contribution in [3.05, 3.63) is 74.9 Å². The number of aryl methyl sites for hydroxylation is 1. The lowest BCUT2D eigenvalue weighted by atomic mass is 9.95. The highest BCUT2D eigenvalue weighted by atomic mass is 16.4. The van der Waals surface area contributed by atoms with Gasteiger partial charge in [-0.05, 0) is 47.9 Å². The minimum atomic E-state index is -0.487. The molecule has 5 nitrogen and oxygen atoms in total. The van der Waals surface area contributed by atoms with Crippen molar-refractivity contribution < 1.29 is 13.9 Å². The van der Waals surface area contributed by atoms with E-state index in [1.165, 1.54) is 18.2 Å². The zero-order chi connectivity index (χ0) is 16.8. The van der Waals surface area contributed by atoms with Crippen LogP contribution in [0, 0.1) is 6.92 Å². The number of hydrogen-bond donors (Lipinski definition) is 1. The lowest BCUT2D eigenvalue weighted by Crippen LogP contribution is -1.97. The van der Waals surface area contributed by atoms with Gasteiger partial charge in [-0.25, -0.2) is 9.59 Å². The molecule has 2 aromatic carbocycles. The van der Waals surface area contributed by atoms with Crippen LogP contribution in [0.4, 0.5) is 0 Å². The maximum atomic E-state index is 11.5. The quantitative estimate of drug-likeness (QED) is 0.542. The molecule has 0 saturated carbocycles. The third kappa shape index (κ3) is 2.27. The Labute approximate surface area is 135 Å². The number of phenolic OH excluding ortho intramolecular Hbond substituents is 1. The van der Waals surface area contributed by atoms with E-state index in [4.69, 9.17) is 8.83 Å². The van der Waals surface area contributed by atoms with Gasteiger partial charge in [0.25, 0.3) is 0 Å². The molecule has 0 atom stereocenters. The number of hydrogen-bond acceptors (Lipinski definition) is 5. The molecule has 0 saturated heterocycles. The summed E-state index contributed by atoms with van der Waals surface area (Å²) in [5.74, 6) is -0.0149. The fourth-order valence-electron chi connectivity index (χ4n) is 2.92. The van der Waals surface area contributed by atoms with Gasteiger partial charge in [0.1, 0.15) is 16.9 Å². The third-order valence-corrected chi connectivity index (χ3v) is 3.90. The molecular weight excluding hydrogens is 308 g/mol. The molecule has 4 aromatic rings. The van der Waals surface area contributed by atoms with E-state index in [1.807, 2.05) is 13.0 Å². The van der Waals surface area contributed by atoms with Crippen LogP contribution in [0.2, 0.25) is 0 Å². The van der Waals surface area contributed by atoms with Gasteiger partial charge in [-0.15, -0.1) is 0 Å². The monoisotopic (exact) mass is 320 g/mol. The average Bonchev–Trinajstić information content (AvgIpc) is 2.52. The minimum Gasteiger partial charge on any atom is -0.508 e. The van der Waals surface area contributed by atoms with Crippen molar-refractivity contribution in [2.45, 2.75) is 6.92 Å². The highest BCUT2D eigenvalue weighted by molar-refractivity contribution is 6.03. The molecule has 0 radical (unpaired) electrons. The van der Waals surface area contributed by atoms with Crippen molar-refractivity contribution in [3.8, 4) is 16.9 Å². The molecule has 0 amide bonds. The van der Waals surface area contributed by atoms with E-state index in [-0.39, 0.29) is 5.75 Å². The summed E-state index contributed by atoms with van der Waals surface area (Å²) in [6.07, 6.45) is 0. The first-order valence-electron chi connectivity index (χ1n) is 7.33. The predicted molar refractivity (Wildman–Crippen MR) is 90.4 cm³/mol. The molecule has 5 heteroatoms. The van der Waals surface area contributed by atoms with Crippen LogP contribution in [0.25, 0.3) is 33.1 Å². The van der Waals surface area contributed by atoms with Gasteiger partial charge in [-0.2, -0.15) is 0 Å². The maximum absolute atomic E-state index is 11.5. The zero-order valence-corrected chi connectivity index (χ0v) is 12.7. The summed E-state index contributed by atoms with van der Waals surface area (Å²) in [7, 11) is 0. The first-order chi connectivity index (χ1) is 11.5. The number of aromatic hydroxyl groups is 1. The molecular formula is C19H12O5. The van der Waals surface area contributed by atoms with Gasteiger partial charge in [0, 0.05) is 29.0 Å². The normalized spacial score (nSPS) is 11.2. The fraction of sp³-hybridized carbons (Fsp3) is 0.0526. The van der Waals surface area contributed by atoms with Crippen LogP contribution >= 0.6 is 0 Å². The highest BCUT2D eigenvalue weighted by Gasteiger charge is 2.13. The van der Waals surface area contributed by atoms with E-state index in [9.17, 15) is 14.7 Å². The van der Waals surface area contributed by atoms with E-state index < -0.39 is 11.3 Å². The predicted octanol–water partition coefficient (Wildman–Crippen LogP) is 3.58. The second-order valence-electron chi connectivity index (χ2n) is 5.64. The van der Waals surface area contributed by atoms with Crippen molar-refractivity contribution in [3.63, 3.8) is 0 Å². The van der Waals surface area contributed by atoms with Crippen molar-refractivity contribution in [2.24, 2.45) is 0 Å². The molecule has 4 rings (SSSR count). The zero-order valence-electron chi connectivity index (χ0n) is 12.7. The van der Waals surface area contributed by atoms with Crippen LogP contribution in [0.3, 0.4) is 0 Å². The Morgan fingerprint density at radius 1 is 0.750 bits per heavy atom. The topological polar surface area (TPSA) is 80.7 Å². The Bertz CT molecular complexity index is 1120. The summed E-state index contributed by atoms with van der Waals surface area (Å²) in [5, 5.41) is 11.4. The van der Waals surface area contributed by atoms with E-state index >= 15 is 0 Å². The van der Waals surface area contributed by atoms with Crippen LogP contribution in [-0.2, 0) is 0 Å². The van der Waals surface area contributed by atoms with Gasteiger partial charge in [0.15, 0.2) is 0 Å².